The third kappa shape index (κ3) is 4.02. The van der Waals surface area contributed by atoms with Crippen LogP contribution in [0, 0.1) is 27.7 Å². The van der Waals surface area contributed by atoms with Crippen molar-refractivity contribution in [1.29, 1.82) is 0 Å². The van der Waals surface area contributed by atoms with E-state index >= 15 is 0 Å². The highest BCUT2D eigenvalue weighted by Gasteiger charge is 2.01. The monoisotopic (exact) mass is 272 g/mol. The van der Waals surface area contributed by atoms with Crippen LogP contribution in [0.2, 0.25) is 0 Å². The summed E-state index contributed by atoms with van der Waals surface area (Å²) in [6, 6.07) is 12.0. The van der Waals surface area contributed by atoms with Crippen molar-refractivity contribution in [2.75, 3.05) is 14.2 Å². The molecule has 0 aliphatic rings. The van der Waals surface area contributed by atoms with Crippen molar-refractivity contribution in [3.63, 3.8) is 0 Å². The summed E-state index contributed by atoms with van der Waals surface area (Å²) < 4.78 is 10.2. The first-order valence-corrected chi connectivity index (χ1v) is 6.71. The summed E-state index contributed by atoms with van der Waals surface area (Å²) in [5.41, 5.74) is 5.07. The van der Waals surface area contributed by atoms with Gasteiger partial charge in [-0.2, -0.15) is 0 Å². The van der Waals surface area contributed by atoms with Gasteiger partial charge in [-0.1, -0.05) is 24.3 Å². The maximum absolute atomic E-state index is 5.18. The standard InChI is InChI=1S/C10H14O.C8H10O/c1-7-5-6-10(11-4)9(3)8(7)2;1-7-5-3-4-6-8(7)9-2/h5-6H,1-4H3;3-6H,1-2H3. The smallest absolute Gasteiger partial charge is 0.122 e. The Morgan fingerprint density at radius 1 is 0.600 bits per heavy atom. The fourth-order valence-electron chi connectivity index (χ4n) is 1.94. The average Bonchev–Trinajstić information content (AvgIpc) is 2.46. The summed E-state index contributed by atoms with van der Waals surface area (Å²) in [7, 11) is 3.39. The van der Waals surface area contributed by atoms with Crippen LogP contribution < -0.4 is 9.47 Å². The van der Waals surface area contributed by atoms with E-state index in [2.05, 4.69) is 26.8 Å². The molecule has 2 nitrogen and oxygen atoms in total. The summed E-state index contributed by atoms with van der Waals surface area (Å²) in [5.74, 6) is 1.94. The lowest BCUT2D eigenvalue weighted by atomic mass is 10.0. The van der Waals surface area contributed by atoms with Crippen LogP contribution in [-0.2, 0) is 0 Å². The van der Waals surface area contributed by atoms with Crippen molar-refractivity contribution < 1.29 is 9.47 Å². The van der Waals surface area contributed by atoms with Gasteiger partial charge in [-0.25, -0.2) is 0 Å². The molecule has 0 unspecified atom stereocenters. The summed E-state index contributed by atoms with van der Waals surface area (Å²) in [5, 5.41) is 0. The normalized spacial score (nSPS) is 9.50. The Hall–Kier alpha value is -1.96. The van der Waals surface area contributed by atoms with Gasteiger partial charge in [-0.15, -0.1) is 0 Å². The Kier molecular flexibility index (Phi) is 6.10. The van der Waals surface area contributed by atoms with Gasteiger partial charge in [0.15, 0.2) is 0 Å². The molecule has 0 aliphatic heterocycles. The van der Waals surface area contributed by atoms with E-state index in [0.717, 1.165) is 11.5 Å². The lowest BCUT2D eigenvalue weighted by Gasteiger charge is -2.08. The Bertz CT molecular complexity index is 559. The summed E-state index contributed by atoms with van der Waals surface area (Å²) >= 11 is 0. The van der Waals surface area contributed by atoms with Crippen molar-refractivity contribution in [2.24, 2.45) is 0 Å². The molecule has 0 saturated heterocycles. The van der Waals surface area contributed by atoms with E-state index in [1.807, 2.05) is 37.3 Å². The molecule has 0 heterocycles. The van der Waals surface area contributed by atoms with E-state index in [1.165, 1.54) is 22.3 Å². The molecular formula is C18H24O2. The number of ether oxygens (including phenoxy) is 2. The van der Waals surface area contributed by atoms with Crippen LogP contribution in [0.5, 0.6) is 11.5 Å². The molecule has 0 aliphatic carbocycles. The van der Waals surface area contributed by atoms with Crippen LogP contribution in [0.1, 0.15) is 22.3 Å². The van der Waals surface area contributed by atoms with Crippen LogP contribution in [0.3, 0.4) is 0 Å². The van der Waals surface area contributed by atoms with E-state index in [9.17, 15) is 0 Å². The molecule has 0 amide bonds. The Morgan fingerprint density at radius 2 is 1.20 bits per heavy atom. The fourth-order valence-corrected chi connectivity index (χ4v) is 1.94. The van der Waals surface area contributed by atoms with Gasteiger partial charge < -0.3 is 9.47 Å². The van der Waals surface area contributed by atoms with E-state index in [4.69, 9.17) is 9.47 Å². The lowest BCUT2D eigenvalue weighted by molar-refractivity contribution is 0.411. The first-order valence-electron chi connectivity index (χ1n) is 6.71. The van der Waals surface area contributed by atoms with Gasteiger partial charge in [0.2, 0.25) is 0 Å². The predicted octanol–water partition coefficient (Wildman–Crippen LogP) is 4.62. The van der Waals surface area contributed by atoms with Gasteiger partial charge in [-0.3, -0.25) is 0 Å². The minimum absolute atomic E-state index is 0.956. The van der Waals surface area contributed by atoms with Gasteiger partial charge in [0.1, 0.15) is 11.5 Å². The molecule has 0 radical (unpaired) electrons. The predicted molar refractivity (Wildman–Crippen MR) is 84.9 cm³/mol. The minimum atomic E-state index is 0.956. The second-order valence-corrected chi connectivity index (χ2v) is 4.80. The number of methoxy groups -OCH3 is 2. The molecule has 20 heavy (non-hydrogen) atoms. The largest absolute Gasteiger partial charge is 0.496 e. The quantitative estimate of drug-likeness (QED) is 0.794. The number of hydrogen-bond donors (Lipinski definition) is 0. The van der Waals surface area contributed by atoms with Gasteiger partial charge in [0.25, 0.3) is 0 Å². The van der Waals surface area contributed by atoms with E-state index in [1.54, 1.807) is 14.2 Å². The Balaban J connectivity index is 0.000000204. The molecule has 2 aromatic rings. The number of aryl methyl sites for hydroxylation is 2. The van der Waals surface area contributed by atoms with Crippen LogP contribution in [0.25, 0.3) is 0 Å². The molecular weight excluding hydrogens is 248 g/mol. The van der Waals surface area contributed by atoms with Crippen LogP contribution in [-0.4, -0.2) is 14.2 Å². The minimum Gasteiger partial charge on any atom is -0.496 e. The maximum Gasteiger partial charge on any atom is 0.122 e. The second-order valence-electron chi connectivity index (χ2n) is 4.80. The first kappa shape index (κ1) is 16.1. The van der Waals surface area contributed by atoms with E-state index in [0.29, 0.717) is 0 Å². The van der Waals surface area contributed by atoms with Gasteiger partial charge in [-0.05, 0) is 62.1 Å². The van der Waals surface area contributed by atoms with E-state index in [-0.39, 0.29) is 0 Å². The zero-order valence-corrected chi connectivity index (χ0v) is 13.3. The molecule has 0 bridgehead atoms. The lowest BCUT2D eigenvalue weighted by Crippen LogP contribution is -1.91. The Morgan fingerprint density at radius 3 is 1.70 bits per heavy atom. The molecule has 0 spiro atoms. The molecule has 0 saturated carbocycles. The topological polar surface area (TPSA) is 18.5 Å². The zero-order chi connectivity index (χ0) is 15.1. The molecule has 0 aromatic heterocycles. The summed E-state index contributed by atoms with van der Waals surface area (Å²) in [6.45, 7) is 8.34. The summed E-state index contributed by atoms with van der Waals surface area (Å²) in [6.07, 6.45) is 0. The zero-order valence-electron chi connectivity index (χ0n) is 13.3. The summed E-state index contributed by atoms with van der Waals surface area (Å²) in [4.78, 5) is 0. The Labute approximate surface area is 122 Å². The highest BCUT2D eigenvalue weighted by molar-refractivity contribution is 5.42. The SMILES string of the molecule is COc1ccc(C)c(C)c1C.COc1ccccc1C. The van der Waals surface area contributed by atoms with Crippen molar-refractivity contribution in [1.82, 2.24) is 0 Å². The number of rotatable bonds is 2. The van der Waals surface area contributed by atoms with Crippen molar-refractivity contribution in [2.45, 2.75) is 27.7 Å². The molecule has 108 valence electrons. The molecule has 2 rings (SSSR count). The number of hydrogen-bond acceptors (Lipinski definition) is 2. The molecule has 0 atom stereocenters. The molecule has 2 heteroatoms. The third-order valence-electron chi connectivity index (χ3n) is 3.54. The second kappa shape index (κ2) is 7.59. The van der Waals surface area contributed by atoms with Gasteiger partial charge in [0, 0.05) is 0 Å². The van der Waals surface area contributed by atoms with Crippen LogP contribution >= 0.6 is 0 Å². The van der Waals surface area contributed by atoms with Gasteiger partial charge >= 0.3 is 0 Å². The van der Waals surface area contributed by atoms with Crippen molar-refractivity contribution in [3.05, 3.63) is 58.7 Å². The highest BCUT2D eigenvalue weighted by atomic mass is 16.5. The van der Waals surface area contributed by atoms with Crippen molar-refractivity contribution >= 4 is 0 Å². The number of benzene rings is 2. The van der Waals surface area contributed by atoms with E-state index < -0.39 is 0 Å². The first-order chi connectivity index (χ1) is 9.51. The maximum atomic E-state index is 5.18. The van der Waals surface area contributed by atoms with Crippen LogP contribution in [0.4, 0.5) is 0 Å². The number of para-hydroxylation sites is 1. The van der Waals surface area contributed by atoms with Crippen molar-refractivity contribution in [3.8, 4) is 11.5 Å². The molecule has 0 N–H and O–H groups in total. The van der Waals surface area contributed by atoms with Gasteiger partial charge in [0.05, 0.1) is 14.2 Å². The fraction of sp³-hybridized carbons (Fsp3) is 0.333. The average molecular weight is 272 g/mol. The molecule has 2 aromatic carbocycles. The van der Waals surface area contributed by atoms with Crippen LogP contribution in [0.15, 0.2) is 36.4 Å². The third-order valence-corrected chi connectivity index (χ3v) is 3.54. The molecule has 0 fully saturated rings. The highest BCUT2D eigenvalue weighted by Crippen LogP contribution is 2.22.